The van der Waals surface area contributed by atoms with Crippen molar-refractivity contribution in [1.29, 1.82) is 0 Å². The number of hydrogen-bond donors (Lipinski definition) is 1. The lowest BCUT2D eigenvalue weighted by atomic mass is 9.96. The van der Waals surface area contributed by atoms with Gasteiger partial charge in [0.05, 0.1) is 11.8 Å². The van der Waals surface area contributed by atoms with Crippen LogP contribution in [0.1, 0.15) is 49.4 Å². The third kappa shape index (κ3) is 5.67. The van der Waals surface area contributed by atoms with Gasteiger partial charge in [-0.2, -0.15) is 0 Å². The molecular formula is C23H30N2O3S. The van der Waals surface area contributed by atoms with Crippen molar-refractivity contribution in [2.45, 2.75) is 44.9 Å². The second kappa shape index (κ2) is 9.55. The van der Waals surface area contributed by atoms with Gasteiger partial charge in [-0.05, 0) is 42.9 Å². The van der Waals surface area contributed by atoms with Crippen LogP contribution in [0.3, 0.4) is 0 Å². The first-order valence-electron chi connectivity index (χ1n) is 10.3. The number of amides is 1. The molecule has 1 saturated heterocycles. The van der Waals surface area contributed by atoms with E-state index in [1.165, 1.54) is 9.87 Å². The maximum Gasteiger partial charge on any atom is 0.223 e. The molecule has 1 heterocycles. The summed E-state index contributed by atoms with van der Waals surface area (Å²) in [7, 11) is -3.36. The molecule has 1 fully saturated rings. The zero-order valence-electron chi connectivity index (χ0n) is 17.2. The number of hydrogen-bond acceptors (Lipinski definition) is 3. The Hall–Kier alpha value is -2.18. The van der Waals surface area contributed by atoms with Crippen molar-refractivity contribution < 1.29 is 13.2 Å². The Morgan fingerprint density at radius 1 is 1.03 bits per heavy atom. The highest BCUT2D eigenvalue weighted by Gasteiger charge is 2.31. The van der Waals surface area contributed by atoms with E-state index in [4.69, 9.17) is 0 Å². The van der Waals surface area contributed by atoms with Crippen LogP contribution < -0.4 is 5.32 Å². The molecule has 5 nitrogen and oxygen atoms in total. The summed E-state index contributed by atoms with van der Waals surface area (Å²) in [5, 5.41) is 3.09. The van der Waals surface area contributed by atoms with E-state index in [0.29, 0.717) is 25.9 Å². The first-order chi connectivity index (χ1) is 13.9. The summed E-state index contributed by atoms with van der Waals surface area (Å²) in [6.07, 6.45) is 2.11. The average Bonchev–Trinajstić information content (AvgIpc) is 2.74. The fourth-order valence-corrected chi connectivity index (χ4v) is 5.29. The molecule has 2 aromatic carbocycles. The molecule has 1 unspecified atom stereocenters. The molecular weight excluding hydrogens is 384 g/mol. The predicted octanol–water partition coefficient (Wildman–Crippen LogP) is 3.67. The topological polar surface area (TPSA) is 66.5 Å². The van der Waals surface area contributed by atoms with Crippen molar-refractivity contribution in [3.05, 3.63) is 71.3 Å². The van der Waals surface area contributed by atoms with Gasteiger partial charge in [0.25, 0.3) is 0 Å². The van der Waals surface area contributed by atoms with Crippen molar-refractivity contribution in [1.82, 2.24) is 9.62 Å². The Bertz CT molecular complexity index is 903. The van der Waals surface area contributed by atoms with Gasteiger partial charge in [0.2, 0.25) is 15.9 Å². The molecule has 0 saturated carbocycles. The first-order valence-corrected chi connectivity index (χ1v) is 11.9. The van der Waals surface area contributed by atoms with Crippen molar-refractivity contribution in [3.8, 4) is 0 Å². The fourth-order valence-electron chi connectivity index (χ4n) is 3.73. The van der Waals surface area contributed by atoms with Crippen molar-refractivity contribution in [3.63, 3.8) is 0 Å². The van der Waals surface area contributed by atoms with Crippen molar-refractivity contribution in [2.24, 2.45) is 5.92 Å². The summed E-state index contributed by atoms with van der Waals surface area (Å²) in [6, 6.07) is 17.5. The molecule has 0 aromatic heterocycles. The van der Waals surface area contributed by atoms with Gasteiger partial charge in [-0.1, -0.05) is 61.5 Å². The Morgan fingerprint density at radius 2 is 1.66 bits per heavy atom. The van der Waals surface area contributed by atoms with E-state index < -0.39 is 10.0 Å². The van der Waals surface area contributed by atoms with Crippen LogP contribution in [-0.2, 0) is 27.0 Å². The van der Waals surface area contributed by atoms with Gasteiger partial charge in [0.15, 0.2) is 0 Å². The van der Waals surface area contributed by atoms with E-state index in [2.05, 4.69) is 36.5 Å². The van der Waals surface area contributed by atoms with E-state index in [9.17, 15) is 13.2 Å². The predicted molar refractivity (Wildman–Crippen MR) is 116 cm³/mol. The minimum absolute atomic E-state index is 0.00942. The number of carbonyl (C=O) groups excluding carboxylic acids is 1. The Balaban J connectivity index is 1.52. The van der Waals surface area contributed by atoms with Crippen LogP contribution in [0.15, 0.2) is 54.6 Å². The number of benzene rings is 2. The van der Waals surface area contributed by atoms with Crippen LogP contribution >= 0.6 is 0 Å². The number of aryl methyl sites for hydroxylation is 1. The van der Waals surface area contributed by atoms with Crippen LogP contribution in [0.5, 0.6) is 0 Å². The molecule has 1 aliphatic heterocycles. The van der Waals surface area contributed by atoms with Gasteiger partial charge < -0.3 is 5.32 Å². The Morgan fingerprint density at radius 3 is 2.24 bits per heavy atom. The number of nitrogens with zero attached hydrogens (tertiary/aromatic N) is 1. The van der Waals surface area contributed by atoms with Crippen LogP contribution in [0.2, 0.25) is 0 Å². The molecule has 156 valence electrons. The molecule has 6 heteroatoms. The molecule has 2 aromatic rings. The van der Waals surface area contributed by atoms with Gasteiger partial charge in [-0.15, -0.1) is 0 Å². The highest BCUT2D eigenvalue weighted by atomic mass is 32.2. The molecule has 3 rings (SSSR count). The minimum Gasteiger partial charge on any atom is -0.349 e. The Kier molecular flexibility index (Phi) is 7.09. The van der Waals surface area contributed by atoms with Gasteiger partial charge in [0, 0.05) is 19.0 Å². The summed E-state index contributed by atoms with van der Waals surface area (Å²) >= 11 is 0. The van der Waals surface area contributed by atoms with Gasteiger partial charge in [0.1, 0.15) is 0 Å². The van der Waals surface area contributed by atoms with Crippen molar-refractivity contribution >= 4 is 15.9 Å². The molecule has 0 radical (unpaired) electrons. The number of rotatable bonds is 7. The lowest BCUT2D eigenvalue weighted by molar-refractivity contribution is -0.126. The van der Waals surface area contributed by atoms with Gasteiger partial charge in [-0.25, -0.2) is 12.7 Å². The molecule has 1 atom stereocenters. The zero-order chi connectivity index (χ0) is 20.9. The standard InChI is InChI=1S/C23H30N2O3S/c1-3-19-9-11-21(12-10-19)18(2)24-23(26)22-13-15-25(16-14-22)29(27,28)17-20-7-5-4-6-8-20/h4-12,18,22H,3,13-17H2,1-2H3,(H,24,26). The minimum atomic E-state index is -3.36. The summed E-state index contributed by atoms with van der Waals surface area (Å²) in [5.74, 6) is -0.122. The number of sulfonamides is 1. The second-order valence-electron chi connectivity index (χ2n) is 7.74. The molecule has 1 N–H and O–H groups in total. The quantitative estimate of drug-likeness (QED) is 0.752. The maximum atomic E-state index is 12.7. The maximum absolute atomic E-state index is 12.7. The van der Waals surface area contributed by atoms with E-state index in [-0.39, 0.29) is 23.6 Å². The molecule has 1 aliphatic rings. The summed E-state index contributed by atoms with van der Waals surface area (Å²) < 4.78 is 26.9. The molecule has 0 bridgehead atoms. The molecule has 0 aliphatic carbocycles. The number of piperidine rings is 1. The Labute approximate surface area is 174 Å². The smallest absolute Gasteiger partial charge is 0.223 e. The van der Waals surface area contributed by atoms with Crippen molar-refractivity contribution in [2.75, 3.05) is 13.1 Å². The SMILES string of the molecule is CCc1ccc(C(C)NC(=O)C2CCN(S(=O)(=O)Cc3ccccc3)CC2)cc1. The number of nitrogens with one attached hydrogen (secondary N) is 1. The summed E-state index contributed by atoms with van der Waals surface area (Å²) in [5.41, 5.74) is 3.14. The largest absolute Gasteiger partial charge is 0.349 e. The van der Waals surface area contributed by atoms with Crippen LogP contribution in [0.25, 0.3) is 0 Å². The highest BCUT2D eigenvalue weighted by Crippen LogP contribution is 2.23. The lowest BCUT2D eigenvalue weighted by Crippen LogP contribution is -2.43. The summed E-state index contributed by atoms with van der Waals surface area (Å²) in [6.45, 7) is 4.89. The molecule has 0 spiro atoms. The van der Waals surface area contributed by atoms with Crippen LogP contribution in [0.4, 0.5) is 0 Å². The fraction of sp³-hybridized carbons (Fsp3) is 0.435. The first kappa shape index (κ1) is 21.5. The zero-order valence-corrected chi connectivity index (χ0v) is 18.0. The molecule has 1 amide bonds. The monoisotopic (exact) mass is 414 g/mol. The average molecular weight is 415 g/mol. The highest BCUT2D eigenvalue weighted by molar-refractivity contribution is 7.88. The van der Waals surface area contributed by atoms with E-state index in [1.54, 1.807) is 0 Å². The normalized spacial score (nSPS) is 17.0. The van der Waals surface area contributed by atoms with Crippen LogP contribution in [-0.4, -0.2) is 31.7 Å². The van der Waals surface area contributed by atoms with E-state index in [0.717, 1.165) is 17.5 Å². The molecule has 29 heavy (non-hydrogen) atoms. The van der Waals surface area contributed by atoms with E-state index in [1.807, 2.05) is 37.3 Å². The lowest BCUT2D eigenvalue weighted by Gasteiger charge is -2.31. The van der Waals surface area contributed by atoms with Gasteiger partial charge in [-0.3, -0.25) is 4.79 Å². The van der Waals surface area contributed by atoms with Crippen LogP contribution in [0, 0.1) is 5.92 Å². The third-order valence-corrected chi connectivity index (χ3v) is 7.51. The second-order valence-corrected chi connectivity index (χ2v) is 9.71. The summed E-state index contributed by atoms with van der Waals surface area (Å²) in [4.78, 5) is 12.7. The number of carbonyl (C=O) groups is 1. The van der Waals surface area contributed by atoms with E-state index >= 15 is 0 Å². The van der Waals surface area contributed by atoms with Gasteiger partial charge >= 0.3 is 0 Å². The third-order valence-electron chi connectivity index (χ3n) is 5.66.